The predicted octanol–water partition coefficient (Wildman–Crippen LogP) is 3.76. The Morgan fingerprint density at radius 3 is 2.66 bits per heavy atom. The number of halogens is 1. The van der Waals surface area contributed by atoms with Gasteiger partial charge in [0.15, 0.2) is 0 Å². The van der Waals surface area contributed by atoms with Crippen LogP contribution in [0.3, 0.4) is 0 Å². The fourth-order valence-electron chi connectivity index (χ4n) is 4.09. The van der Waals surface area contributed by atoms with E-state index in [-0.39, 0.29) is 0 Å². The van der Waals surface area contributed by atoms with Crippen molar-refractivity contribution in [3.63, 3.8) is 0 Å². The summed E-state index contributed by atoms with van der Waals surface area (Å²) in [6.07, 6.45) is 10.2. The van der Waals surface area contributed by atoms with Crippen LogP contribution in [0, 0.1) is 6.92 Å². The molecule has 1 fully saturated rings. The minimum Gasteiger partial charge on any atom is -0.492 e. The van der Waals surface area contributed by atoms with Crippen molar-refractivity contribution in [2.75, 3.05) is 31.6 Å². The molecule has 0 saturated carbocycles. The van der Waals surface area contributed by atoms with Crippen LogP contribution in [0.15, 0.2) is 49.2 Å². The lowest BCUT2D eigenvalue weighted by molar-refractivity contribution is -0.887. The number of quaternary nitrogens is 1. The first kappa shape index (κ1) is 23.2. The summed E-state index contributed by atoms with van der Waals surface area (Å²) in [4.78, 5) is 23.3. The third kappa shape index (κ3) is 5.93. The van der Waals surface area contributed by atoms with Gasteiger partial charge in [-0.1, -0.05) is 11.6 Å². The quantitative estimate of drug-likeness (QED) is 0.341. The van der Waals surface area contributed by atoms with Gasteiger partial charge in [-0.2, -0.15) is 0 Å². The van der Waals surface area contributed by atoms with Crippen molar-refractivity contribution in [1.29, 1.82) is 0 Å². The molecule has 4 heterocycles. The summed E-state index contributed by atoms with van der Waals surface area (Å²) >= 11 is 6.44. The molecule has 4 aromatic rings. The molecule has 1 aliphatic heterocycles. The highest BCUT2D eigenvalue weighted by atomic mass is 35.5. The zero-order valence-corrected chi connectivity index (χ0v) is 20.3. The van der Waals surface area contributed by atoms with Gasteiger partial charge in [0.05, 0.1) is 56.0 Å². The number of anilines is 2. The highest BCUT2D eigenvalue weighted by Crippen LogP contribution is 2.32. The molecule has 0 radical (unpaired) electrons. The van der Waals surface area contributed by atoms with Crippen LogP contribution in [-0.2, 0) is 0 Å². The molecule has 3 aromatic heterocycles. The molecule has 35 heavy (non-hydrogen) atoms. The van der Waals surface area contributed by atoms with Crippen molar-refractivity contribution in [2.45, 2.75) is 26.2 Å². The van der Waals surface area contributed by atoms with Crippen molar-refractivity contribution in [3.05, 3.63) is 59.9 Å². The Balaban J connectivity index is 1.25. The minimum absolute atomic E-state index is 0.302. The molecule has 5 rings (SSSR count). The van der Waals surface area contributed by atoms with Crippen LogP contribution in [0.25, 0.3) is 10.9 Å². The van der Waals surface area contributed by atoms with Gasteiger partial charge in [-0.15, -0.1) is 0 Å². The number of ether oxygens (including phenoxy) is 2. The number of benzene rings is 1. The largest absolute Gasteiger partial charge is 0.492 e. The molecule has 0 spiro atoms. The van der Waals surface area contributed by atoms with E-state index in [9.17, 15) is 0 Å². The zero-order chi connectivity index (χ0) is 24.0. The maximum atomic E-state index is 6.44. The average molecular weight is 493 g/mol. The first-order chi connectivity index (χ1) is 17.1. The summed E-state index contributed by atoms with van der Waals surface area (Å²) < 4.78 is 11.8. The lowest BCUT2D eigenvalue weighted by Crippen LogP contribution is -3.10. The minimum atomic E-state index is 0.302. The lowest BCUT2D eigenvalue weighted by Gasteiger charge is -2.13. The number of nitrogens with zero attached hydrogens (tertiary/aromatic N) is 5. The van der Waals surface area contributed by atoms with Crippen LogP contribution in [0.1, 0.15) is 25.0 Å². The number of pyridine rings is 1. The Morgan fingerprint density at radius 2 is 1.86 bits per heavy atom. The monoisotopic (exact) mass is 492 g/mol. The average Bonchev–Trinajstić information content (AvgIpc) is 3.39. The van der Waals surface area contributed by atoms with Crippen molar-refractivity contribution in [2.24, 2.45) is 0 Å². The number of likely N-dealkylation sites (tertiary alicyclic amines) is 1. The second-order valence-corrected chi connectivity index (χ2v) is 8.95. The number of aromatic nitrogens is 5. The summed E-state index contributed by atoms with van der Waals surface area (Å²) in [7, 11) is 0. The highest BCUT2D eigenvalue weighted by Gasteiger charge is 2.15. The summed E-state index contributed by atoms with van der Waals surface area (Å²) in [5, 5.41) is 4.33. The molecule has 0 bridgehead atoms. The van der Waals surface area contributed by atoms with Gasteiger partial charge in [0.25, 0.3) is 0 Å². The molecule has 9 nitrogen and oxygen atoms in total. The highest BCUT2D eigenvalue weighted by molar-refractivity contribution is 6.32. The number of rotatable bonds is 9. The first-order valence-corrected chi connectivity index (χ1v) is 12.1. The van der Waals surface area contributed by atoms with Gasteiger partial charge in [0.2, 0.25) is 5.88 Å². The van der Waals surface area contributed by atoms with Crippen molar-refractivity contribution < 1.29 is 14.4 Å². The SMILES string of the molecule is Cc1cnc(Nc2ncnc3ccc(Oc4ncc(OCCC[NH+]5CCCC5)cc4Cl)cc23)cn1. The Kier molecular flexibility index (Phi) is 7.15. The normalized spacial score (nSPS) is 13.8. The summed E-state index contributed by atoms with van der Waals surface area (Å²) in [5.41, 5.74) is 1.59. The van der Waals surface area contributed by atoms with Crippen LogP contribution < -0.4 is 19.7 Å². The third-order valence-electron chi connectivity index (χ3n) is 5.89. The molecular formula is C25H27ClN7O2+. The maximum absolute atomic E-state index is 6.44. The summed E-state index contributed by atoms with van der Waals surface area (Å²) in [6.45, 7) is 6.22. The summed E-state index contributed by atoms with van der Waals surface area (Å²) in [6, 6.07) is 7.24. The van der Waals surface area contributed by atoms with E-state index in [0.717, 1.165) is 29.6 Å². The lowest BCUT2D eigenvalue weighted by atomic mass is 10.2. The van der Waals surface area contributed by atoms with Gasteiger partial charge >= 0.3 is 0 Å². The number of aryl methyl sites for hydroxylation is 1. The van der Waals surface area contributed by atoms with E-state index in [4.69, 9.17) is 21.1 Å². The van der Waals surface area contributed by atoms with Gasteiger partial charge in [-0.25, -0.2) is 19.9 Å². The first-order valence-electron chi connectivity index (χ1n) is 11.7. The number of hydrogen-bond acceptors (Lipinski definition) is 8. The number of nitrogens with one attached hydrogen (secondary N) is 2. The topological polar surface area (TPSA) is 99.4 Å². The van der Waals surface area contributed by atoms with E-state index in [0.29, 0.717) is 40.6 Å². The van der Waals surface area contributed by atoms with Gasteiger partial charge in [0.1, 0.15) is 34.5 Å². The fraction of sp³-hybridized carbons (Fsp3) is 0.320. The molecule has 1 saturated heterocycles. The molecule has 0 atom stereocenters. The van der Waals surface area contributed by atoms with E-state index in [2.05, 4.69) is 30.2 Å². The number of hydrogen-bond donors (Lipinski definition) is 2. The zero-order valence-electron chi connectivity index (χ0n) is 19.5. The molecular weight excluding hydrogens is 466 g/mol. The molecule has 2 N–H and O–H groups in total. The molecule has 0 aliphatic carbocycles. The van der Waals surface area contributed by atoms with E-state index < -0.39 is 0 Å². The Hall–Kier alpha value is -3.56. The second kappa shape index (κ2) is 10.8. The Morgan fingerprint density at radius 1 is 0.971 bits per heavy atom. The molecule has 1 aliphatic rings. The van der Waals surface area contributed by atoms with E-state index in [1.54, 1.807) is 29.6 Å². The van der Waals surface area contributed by atoms with Gasteiger partial charge in [-0.05, 0) is 25.1 Å². The van der Waals surface area contributed by atoms with Gasteiger partial charge < -0.3 is 19.7 Å². The van der Waals surface area contributed by atoms with Crippen LogP contribution in [0.4, 0.5) is 11.6 Å². The molecule has 10 heteroatoms. The van der Waals surface area contributed by atoms with Crippen LogP contribution >= 0.6 is 11.6 Å². The second-order valence-electron chi connectivity index (χ2n) is 8.54. The Labute approximate surface area is 208 Å². The standard InChI is InChI=1S/C25H26ClN7O2/c1-17-13-28-23(15-27-17)32-24-20-11-18(5-6-22(20)30-16-31-24)35-25-21(26)12-19(14-29-25)34-10-4-9-33-7-2-3-8-33/h5-6,11-16H,2-4,7-10H2,1H3,(H,28,30,31,32)/p+1. The molecule has 1 aromatic carbocycles. The van der Waals surface area contributed by atoms with Gasteiger partial charge in [-0.3, -0.25) is 4.98 Å². The van der Waals surface area contributed by atoms with Gasteiger partial charge in [0, 0.05) is 30.7 Å². The maximum Gasteiger partial charge on any atom is 0.238 e. The fourth-order valence-corrected chi connectivity index (χ4v) is 4.28. The molecule has 0 unspecified atom stereocenters. The van der Waals surface area contributed by atoms with Crippen LogP contribution in [-0.4, -0.2) is 51.2 Å². The Bertz CT molecular complexity index is 1300. The smallest absolute Gasteiger partial charge is 0.238 e. The van der Waals surface area contributed by atoms with Crippen molar-refractivity contribution in [3.8, 4) is 17.4 Å². The molecule has 0 amide bonds. The van der Waals surface area contributed by atoms with Crippen molar-refractivity contribution in [1.82, 2.24) is 24.9 Å². The number of fused-ring (bicyclic) bond motifs is 1. The van der Waals surface area contributed by atoms with E-state index in [1.165, 1.54) is 32.3 Å². The predicted molar refractivity (Wildman–Crippen MR) is 134 cm³/mol. The third-order valence-corrected chi connectivity index (χ3v) is 6.16. The molecule has 180 valence electrons. The van der Waals surface area contributed by atoms with E-state index >= 15 is 0 Å². The van der Waals surface area contributed by atoms with Crippen LogP contribution in [0.5, 0.6) is 17.4 Å². The summed E-state index contributed by atoms with van der Waals surface area (Å²) in [5.74, 6) is 2.68. The van der Waals surface area contributed by atoms with E-state index in [1.807, 2.05) is 25.1 Å². The van der Waals surface area contributed by atoms with Crippen molar-refractivity contribution >= 4 is 34.1 Å². The van der Waals surface area contributed by atoms with Crippen LogP contribution in [0.2, 0.25) is 5.02 Å².